The lowest BCUT2D eigenvalue weighted by Gasteiger charge is -2.25. The molecule has 5 heteroatoms. The Bertz CT molecular complexity index is 410. The highest BCUT2D eigenvalue weighted by Crippen LogP contribution is 2.35. The van der Waals surface area contributed by atoms with Crippen LogP contribution in [0.25, 0.3) is 0 Å². The monoisotopic (exact) mass is 289 g/mol. The van der Waals surface area contributed by atoms with E-state index in [2.05, 4.69) is 0 Å². The van der Waals surface area contributed by atoms with Crippen LogP contribution in [0.15, 0.2) is 18.2 Å². The molecule has 0 amide bonds. The standard InChI is InChI=1S/C14H20FNO2.ClH/c1-18-12-7-6-10(15)8-11(12)13(16)14(17)9-4-2-3-5-9;/h6-9,13-14,17H,2-5,16H2,1H3;1H/t13-,14+;/m1./s1. The molecule has 1 saturated carbocycles. The number of methoxy groups -OCH3 is 1. The molecule has 1 aliphatic rings. The van der Waals surface area contributed by atoms with Crippen molar-refractivity contribution in [2.75, 3.05) is 7.11 Å². The SMILES string of the molecule is COc1ccc(F)cc1[C@@H](N)[C@@H](O)C1CCCC1.Cl. The van der Waals surface area contributed by atoms with Crippen LogP contribution >= 0.6 is 12.4 Å². The van der Waals surface area contributed by atoms with Gasteiger partial charge in [0.2, 0.25) is 0 Å². The normalized spacial score (nSPS) is 18.7. The van der Waals surface area contributed by atoms with Crippen molar-refractivity contribution >= 4 is 12.4 Å². The molecular formula is C14H21ClFNO2. The van der Waals surface area contributed by atoms with Gasteiger partial charge in [-0.2, -0.15) is 0 Å². The van der Waals surface area contributed by atoms with Crippen LogP contribution in [0.3, 0.4) is 0 Å². The van der Waals surface area contributed by atoms with Gasteiger partial charge in [0.05, 0.1) is 19.3 Å². The van der Waals surface area contributed by atoms with Gasteiger partial charge in [-0.15, -0.1) is 12.4 Å². The third kappa shape index (κ3) is 3.59. The van der Waals surface area contributed by atoms with Gasteiger partial charge in [0.15, 0.2) is 0 Å². The van der Waals surface area contributed by atoms with Gasteiger partial charge in [-0.05, 0) is 37.0 Å². The molecule has 0 saturated heterocycles. The molecule has 1 fully saturated rings. The number of aliphatic hydroxyl groups excluding tert-OH is 1. The maximum absolute atomic E-state index is 13.3. The van der Waals surface area contributed by atoms with Crippen molar-refractivity contribution in [3.8, 4) is 5.75 Å². The molecule has 0 aromatic heterocycles. The highest BCUT2D eigenvalue weighted by atomic mass is 35.5. The molecule has 19 heavy (non-hydrogen) atoms. The van der Waals surface area contributed by atoms with Crippen LogP contribution in [0, 0.1) is 11.7 Å². The molecule has 2 rings (SSSR count). The molecule has 0 unspecified atom stereocenters. The number of hydrogen-bond donors (Lipinski definition) is 2. The number of benzene rings is 1. The smallest absolute Gasteiger partial charge is 0.123 e. The fourth-order valence-electron chi connectivity index (χ4n) is 2.74. The average molecular weight is 290 g/mol. The molecule has 1 aromatic carbocycles. The van der Waals surface area contributed by atoms with Gasteiger partial charge in [-0.25, -0.2) is 4.39 Å². The van der Waals surface area contributed by atoms with Crippen LogP contribution < -0.4 is 10.5 Å². The van der Waals surface area contributed by atoms with E-state index in [1.165, 1.54) is 19.2 Å². The summed E-state index contributed by atoms with van der Waals surface area (Å²) in [5.41, 5.74) is 6.61. The predicted molar refractivity (Wildman–Crippen MR) is 75.1 cm³/mol. The molecule has 3 N–H and O–H groups in total. The van der Waals surface area contributed by atoms with E-state index in [-0.39, 0.29) is 24.1 Å². The maximum atomic E-state index is 13.3. The van der Waals surface area contributed by atoms with E-state index in [9.17, 15) is 9.50 Å². The highest BCUT2D eigenvalue weighted by Gasteiger charge is 2.30. The lowest BCUT2D eigenvalue weighted by Crippen LogP contribution is -2.32. The molecule has 2 atom stereocenters. The number of aliphatic hydroxyl groups is 1. The topological polar surface area (TPSA) is 55.5 Å². The van der Waals surface area contributed by atoms with Gasteiger partial charge >= 0.3 is 0 Å². The first-order valence-electron chi connectivity index (χ1n) is 6.40. The Balaban J connectivity index is 0.00000180. The molecule has 1 aromatic rings. The number of ether oxygens (including phenoxy) is 1. The van der Waals surface area contributed by atoms with Crippen LogP contribution in [-0.2, 0) is 0 Å². The largest absolute Gasteiger partial charge is 0.496 e. The van der Waals surface area contributed by atoms with Crippen LogP contribution in [0.5, 0.6) is 5.75 Å². The van der Waals surface area contributed by atoms with Gasteiger partial charge in [-0.1, -0.05) is 12.8 Å². The van der Waals surface area contributed by atoms with E-state index in [1.54, 1.807) is 6.07 Å². The van der Waals surface area contributed by atoms with E-state index in [4.69, 9.17) is 10.5 Å². The number of halogens is 2. The van der Waals surface area contributed by atoms with Crippen LogP contribution in [-0.4, -0.2) is 18.3 Å². The first-order chi connectivity index (χ1) is 8.63. The molecule has 3 nitrogen and oxygen atoms in total. The van der Waals surface area contributed by atoms with Gasteiger partial charge in [0, 0.05) is 5.56 Å². The second-order valence-corrected chi connectivity index (χ2v) is 4.95. The first kappa shape index (κ1) is 16.2. The average Bonchev–Trinajstić information content (AvgIpc) is 2.90. The maximum Gasteiger partial charge on any atom is 0.123 e. The summed E-state index contributed by atoms with van der Waals surface area (Å²) in [6, 6.07) is 3.63. The van der Waals surface area contributed by atoms with Crippen LogP contribution in [0.4, 0.5) is 4.39 Å². The summed E-state index contributed by atoms with van der Waals surface area (Å²) < 4.78 is 18.5. The third-order valence-corrected chi connectivity index (χ3v) is 3.80. The minimum atomic E-state index is -0.636. The van der Waals surface area contributed by atoms with E-state index in [1.807, 2.05) is 0 Å². The Morgan fingerprint density at radius 2 is 2.00 bits per heavy atom. The Morgan fingerprint density at radius 3 is 2.58 bits per heavy atom. The lowest BCUT2D eigenvalue weighted by atomic mass is 9.90. The van der Waals surface area contributed by atoms with Gasteiger partial charge in [0.25, 0.3) is 0 Å². The van der Waals surface area contributed by atoms with Gasteiger partial charge in [-0.3, -0.25) is 0 Å². The van der Waals surface area contributed by atoms with Gasteiger partial charge < -0.3 is 15.6 Å². The fourth-order valence-corrected chi connectivity index (χ4v) is 2.74. The Kier molecular flexibility index (Phi) is 6.04. The molecule has 0 bridgehead atoms. The van der Waals surface area contributed by atoms with Crippen molar-refractivity contribution < 1.29 is 14.2 Å². The van der Waals surface area contributed by atoms with E-state index < -0.39 is 12.1 Å². The summed E-state index contributed by atoms with van der Waals surface area (Å²) in [5, 5.41) is 10.3. The van der Waals surface area contributed by atoms with Crippen molar-refractivity contribution in [2.45, 2.75) is 37.8 Å². The molecule has 0 heterocycles. The highest BCUT2D eigenvalue weighted by molar-refractivity contribution is 5.85. The second-order valence-electron chi connectivity index (χ2n) is 4.95. The van der Waals surface area contributed by atoms with Crippen molar-refractivity contribution in [1.29, 1.82) is 0 Å². The van der Waals surface area contributed by atoms with Crippen molar-refractivity contribution in [1.82, 2.24) is 0 Å². The molecule has 0 radical (unpaired) electrons. The molecule has 0 aliphatic heterocycles. The zero-order chi connectivity index (χ0) is 13.1. The number of nitrogens with two attached hydrogens (primary N) is 1. The first-order valence-corrected chi connectivity index (χ1v) is 6.40. The minimum Gasteiger partial charge on any atom is -0.496 e. The summed E-state index contributed by atoms with van der Waals surface area (Å²) in [7, 11) is 1.52. The molecule has 1 aliphatic carbocycles. The summed E-state index contributed by atoms with van der Waals surface area (Å²) in [6.07, 6.45) is 3.62. The van der Waals surface area contributed by atoms with Crippen molar-refractivity contribution in [3.05, 3.63) is 29.6 Å². The van der Waals surface area contributed by atoms with E-state index >= 15 is 0 Å². The summed E-state index contributed by atoms with van der Waals surface area (Å²) in [4.78, 5) is 0. The van der Waals surface area contributed by atoms with Crippen molar-refractivity contribution in [3.63, 3.8) is 0 Å². The Labute approximate surface area is 119 Å². The fraction of sp³-hybridized carbons (Fsp3) is 0.571. The van der Waals surface area contributed by atoms with E-state index in [0.717, 1.165) is 25.7 Å². The summed E-state index contributed by atoms with van der Waals surface area (Å²) in [6.45, 7) is 0. The summed E-state index contributed by atoms with van der Waals surface area (Å²) in [5.74, 6) is 0.383. The number of hydrogen-bond acceptors (Lipinski definition) is 3. The third-order valence-electron chi connectivity index (χ3n) is 3.80. The predicted octanol–water partition coefficient (Wildman–Crippen LogP) is 2.81. The molecule has 108 valence electrons. The second kappa shape index (κ2) is 7.08. The van der Waals surface area contributed by atoms with Crippen LogP contribution in [0.2, 0.25) is 0 Å². The zero-order valence-electron chi connectivity index (χ0n) is 11.0. The quantitative estimate of drug-likeness (QED) is 0.896. The zero-order valence-corrected chi connectivity index (χ0v) is 11.8. The molecular weight excluding hydrogens is 269 g/mol. The van der Waals surface area contributed by atoms with Gasteiger partial charge in [0.1, 0.15) is 11.6 Å². The Hall–Kier alpha value is -0.840. The molecule has 0 spiro atoms. The Morgan fingerprint density at radius 1 is 1.37 bits per heavy atom. The summed E-state index contributed by atoms with van der Waals surface area (Å²) >= 11 is 0. The van der Waals surface area contributed by atoms with Crippen molar-refractivity contribution in [2.24, 2.45) is 11.7 Å². The lowest BCUT2D eigenvalue weighted by molar-refractivity contribution is 0.0835. The van der Waals surface area contributed by atoms with Crippen LogP contribution in [0.1, 0.15) is 37.3 Å². The van der Waals surface area contributed by atoms with E-state index in [0.29, 0.717) is 11.3 Å². The number of rotatable bonds is 4. The minimum absolute atomic E-state index is 0.